The maximum Gasteiger partial charge on any atom is 0.252 e. The first-order chi connectivity index (χ1) is 15.4. The van der Waals surface area contributed by atoms with Crippen LogP contribution >= 0.6 is 0 Å². The van der Waals surface area contributed by atoms with Gasteiger partial charge in [-0.25, -0.2) is 14.8 Å². The number of benzene rings is 1. The number of nitrogens with zero attached hydrogens (tertiary/aromatic N) is 5. The highest BCUT2D eigenvalue weighted by molar-refractivity contribution is 6.07. The van der Waals surface area contributed by atoms with Gasteiger partial charge in [-0.3, -0.25) is 4.79 Å². The predicted molar refractivity (Wildman–Crippen MR) is 123 cm³/mol. The third-order valence-electron chi connectivity index (χ3n) is 5.18. The molecule has 3 rings (SSSR count). The molecule has 3 aromatic rings. The van der Waals surface area contributed by atoms with Crippen molar-refractivity contribution < 1.29 is 15.0 Å². The van der Waals surface area contributed by atoms with E-state index in [0.29, 0.717) is 29.7 Å². The normalized spacial score (nSPS) is 11.5. The van der Waals surface area contributed by atoms with E-state index < -0.39 is 5.91 Å². The molecule has 166 valence electrons. The van der Waals surface area contributed by atoms with Crippen molar-refractivity contribution >= 4 is 28.8 Å². The van der Waals surface area contributed by atoms with Crippen molar-refractivity contribution in [2.45, 2.75) is 19.9 Å². The maximum atomic E-state index is 12.8. The first kappa shape index (κ1) is 22.9. The molecule has 0 aliphatic heterocycles. The molecule has 0 saturated heterocycles. The van der Waals surface area contributed by atoms with E-state index in [2.05, 4.69) is 14.8 Å². The van der Waals surface area contributed by atoms with Gasteiger partial charge in [0.05, 0.1) is 18.6 Å². The summed E-state index contributed by atoms with van der Waals surface area (Å²) in [7, 11) is 1.53. The van der Waals surface area contributed by atoms with Crippen LogP contribution in [0.15, 0.2) is 36.3 Å². The molecule has 0 spiro atoms. The third kappa shape index (κ3) is 4.46. The van der Waals surface area contributed by atoms with Gasteiger partial charge in [-0.15, -0.1) is 0 Å². The van der Waals surface area contributed by atoms with Crippen LogP contribution in [0, 0.1) is 13.5 Å². The molecule has 2 heterocycles. The van der Waals surface area contributed by atoms with Crippen LogP contribution in [0.4, 0.5) is 5.82 Å². The van der Waals surface area contributed by atoms with Gasteiger partial charge in [-0.2, -0.15) is 0 Å². The number of likely N-dealkylation sites (N-methyl/N-ethyl adjacent to an activating group) is 1. The molecule has 2 aromatic heterocycles. The molecule has 0 bridgehead atoms. The van der Waals surface area contributed by atoms with E-state index in [1.54, 1.807) is 0 Å². The number of nitrogen functional groups attached to an aromatic ring is 1. The van der Waals surface area contributed by atoms with Crippen LogP contribution in [0.2, 0.25) is 0 Å². The Morgan fingerprint density at radius 1 is 1.25 bits per heavy atom. The Bertz CT molecular complexity index is 1190. The monoisotopic (exact) mass is 434 g/mol. The number of carbonyl (C=O) groups is 1. The first-order valence-corrected chi connectivity index (χ1v) is 10.2. The average molecular weight is 435 g/mol. The van der Waals surface area contributed by atoms with Crippen molar-refractivity contribution in [1.29, 1.82) is 0 Å². The van der Waals surface area contributed by atoms with Gasteiger partial charge in [0, 0.05) is 38.0 Å². The molecule has 9 nitrogen and oxygen atoms in total. The summed E-state index contributed by atoms with van der Waals surface area (Å²) in [6.45, 7) is 9.87. The fourth-order valence-corrected chi connectivity index (χ4v) is 3.55. The molecule has 32 heavy (non-hydrogen) atoms. The number of hydrogen-bond acceptors (Lipinski definition) is 6. The van der Waals surface area contributed by atoms with E-state index in [9.17, 15) is 9.90 Å². The van der Waals surface area contributed by atoms with Crippen LogP contribution in [0.5, 0.6) is 0 Å². The number of aryl methyl sites for hydroxylation is 2. The largest absolute Gasteiger partial charge is 0.396 e. The summed E-state index contributed by atoms with van der Waals surface area (Å²) >= 11 is 0. The van der Waals surface area contributed by atoms with Crippen LogP contribution in [-0.2, 0) is 11.3 Å². The molecule has 0 saturated carbocycles. The predicted octanol–water partition coefficient (Wildman–Crippen LogP) is 2.08. The molecule has 0 aliphatic carbocycles. The lowest BCUT2D eigenvalue weighted by Gasteiger charge is -2.15. The van der Waals surface area contributed by atoms with E-state index in [1.807, 2.05) is 35.8 Å². The summed E-state index contributed by atoms with van der Waals surface area (Å²) in [6.07, 6.45) is 3.35. The second-order valence-electron chi connectivity index (χ2n) is 7.40. The summed E-state index contributed by atoms with van der Waals surface area (Å²) < 4.78 is 1.85. The van der Waals surface area contributed by atoms with Crippen molar-refractivity contribution in [3.05, 3.63) is 59.0 Å². The van der Waals surface area contributed by atoms with Gasteiger partial charge in [0.25, 0.3) is 11.6 Å². The minimum absolute atomic E-state index is 0.0307. The van der Waals surface area contributed by atoms with Crippen LogP contribution in [0.25, 0.3) is 33.1 Å². The Kier molecular flexibility index (Phi) is 7.20. The molecule has 9 heteroatoms. The smallest absolute Gasteiger partial charge is 0.252 e. The fraction of sp³-hybridized carbons (Fsp3) is 0.304. The first-order valence-electron chi connectivity index (χ1n) is 10.2. The Labute approximate surface area is 186 Å². The third-order valence-corrected chi connectivity index (χ3v) is 5.18. The number of aliphatic hydroxyl groups is 2. The van der Waals surface area contributed by atoms with Crippen LogP contribution in [-0.4, -0.2) is 62.4 Å². The Balaban J connectivity index is 2.35. The van der Waals surface area contributed by atoms with Crippen molar-refractivity contribution in [1.82, 2.24) is 19.4 Å². The number of aliphatic hydroxyl groups excluding tert-OH is 2. The number of rotatable bonds is 8. The molecule has 0 radical (unpaired) electrons. The summed E-state index contributed by atoms with van der Waals surface area (Å²) in [4.78, 5) is 26.1. The highest BCUT2D eigenvalue weighted by atomic mass is 16.3. The highest BCUT2D eigenvalue weighted by Gasteiger charge is 2.23. The van der Waals surface area contributed by atoms with Crippen molar-refractivity contribution in [3.63, 3.8) is 0 Å². The van der Waals surface area contributed by atoms with Gasteiger partial charge in [0.1, 0.15) is 17.8 Å². The van der Waals surface area contributed by atoms with E-state index in [0.717, 1.165) is 16.7 Å². The topological polar surface area (TPSA) is 122 Å². The molecular weight excluding hydrogens is 408 g/mol. The zero-order valence-electron chi connectivity index (χ0n) is 18.1. The second-order valence-corrected chi connectivity index (χ2v) is 7.40. The van der Waals surface area contributed by atoms with E-state index >= 15 is 0 Å². The zero-order chi connectivity index (χ0) is 23.3. The number of aromatic nitrogens is 3. The van der Waals surface area contributed by atoms with Gasteiger partial charge < -0.3 is 25.4 Å². The van der Waals surface area contributed by atoms with Crippen molar-refractivity contribution in [2.75, 3.05) is 32.5 Å². The Morgan fingerprint density at radius 2 is 1.97 bits per heavy atom. The summed E-state index contributed by atoms with van der Waals surface area (Å²) in [5.74, 6) is -0.210. The molecular formula is C23H26N6O3. The van der Waals surface area contributed by atoms with Gasteiger partial charge in [-0.05, 0) is 25.0 Å². The lowest BCUT2D eigenvalue weighted by Crippen LogP contribution is -2.30. The average Bonchev–Trinajstić information content (AvgIpc) is 3.10. The fourth-order valence-electron chi connectivity index (χ4n) is 3.55. The molecule has 1 amide bonds. The van der Waals surface area contributed by atoms with E-state index in [1.165, 1.54) is 24.4 Å². The lowest BCUT2D eigenvalue weighted by atomic mass is 10.0. The van der Waals surface area contributed by atoms with Gasteiger partial charge >= 0.3 is 0 Å². The van der Waals surface area contributed by atoms with Crippen LogP contribution in [0.3, 0.4) is 0 Å². The van der Waals surface area contributed by atoms with Crippen molar-refractivity contribution in [3.8, 4) is 11.1 Å². The van der Waals surface area contributed by atoms with E-state index in [-0.39, 0.29) is 31.3 Å². The molecule has 0 fully saturated rings. The Hall–Kier alpha value is -3.74. The summed E-state index contributed by atoms with van der Waals surface area (Å²) in [5.41, 5.74) is 9.94. The number of fused-ring (bicyclic) bond motifs is 1. The maximum absolute atomic E-state index is 12.8. The highest BCUT2D eigenvalue weighted by Crippen LogP contribution is 2.38. The minimum Gasteiger partial charge on any atom is -0.396 e. The van der Waals surface area contributed by atoms with Gasteiger partial charge in [0.2, 0.25) is 0 Å². The molecule has 0 aliphatic rings. The molecule has 4 N–H and O–H groups in total. The minimum atomic E-state index is -0.498. The summed E-state index contributed by atoms with van der Waals surface area (Å²) in [5, 5.41) is 19.2. The van der Waals surface area contributed by atoms with Gasteiger partial charge in [0.15, 0.2) is 0 Å². The number of amides is 1. The lowest BCUT2D eigenvalue weighted by molar-refractivity contribution is -0.125. The Morgan fingerprint density at radius 3 is 2.59 bits per heavy atom. The number of carbonyl (C=O) groups excluding carboxylic acids is 1. The molecule has 1 aromatic carbocycles. The van der Waals surface area contributed by atoms with Crippen LogP contribution in [0.1, 0.15) is 17.7 Å². The second kappa shape index (κ2) is 10.0. The number of nitrogens with two attached hydrogens (primary N) is 1. The standard InChI is InChI=1S/C23H26N6O3/c1-15-5-7-16(8-6-15)19-18(13-17(25-2)23(32)28(3)10-12-31)29(9-4-11-30)22-20(19)21(24)26-14-27-22/h5-8,13-14,30-31H,4,9-12H2,1,3H3,(H2,24,26,27)/b17-13-. The summed E-state index contributed by atoms with van der Waals surface area (Å²) in [6, 6.07) is 7.83. The molecule has 0 atom stereocenters. The number of hydrogen-bond donors (Lipinski definition) is 3. The van der Waals surface area contributed by atoms with Crippen LogP contribution < -0.4 is 5.73 Å². The number of anilines is 1. The SMILES string of the molecule is [C-]#[N+]/C(=C\c1c(-c2ccc(C)cc2)c2c(N)ncnc2n1CCCO)C(=O)N(C)CCO. The van der Waals surface area contributed by atoms with Crippen molar-refractivity contribution in [2.24, 2.45) is 0 Å². The quantitative estimate of drug-likeness (QED) is 0.369. The van der Waals surface area contributed by atoms with E-state index in [4.69, 9.17) is 17.4 Å². The zero-order valence-corrected chi connectivity index (χ0v) is 18.1. The molecule has 0 unspecified atom stereocenters. The van der Waals surface area contributed by atoms with Gasteiger partial charge in [-0.1, -0.05) is 29.8 Å².